The molecule has 0 aliphatic heterocycles. The van der Waals surface area contributed by atoms with Gasteiger partial charge < -0.3 is 0 Å². The van der Waals surface area contributed by atoms with Crippen molar-refractivity contribution < 1.29 is 26.7 Å². The van der Waals surface area contributed by atoms with Crippen LogP contribution in [0, 0.1) is 0 Å². The molecule has 2 nitrogen and oxygen atoms in total. The van der Waals surface area contributed by atoms with Gasteiger partial charge >= 0.3 is 11.6 Å². The number of hydrogen-bond acceptors (Lipinski definition) is 0. The van der Waals surface area contributed by atoms with Crippen LogP contribution in [0.15, 0.2) is 0 Å². The van der Waals surface area contributed by atoms with E-state index in [1.54, 1.807) is 13.8 Å². The molecule has 0 aliphatic rings. The van der Waals surface area contributed by atoms with Gasteiger partial charge in [0.2, 0.25) is 0 Å². The number of ketones is 2. The van der Waals surface area contributed by atoms with Crippen LogP contribution >= 0.6 is 0 Å². The monoisotopic (exact) mass is 165 g/mol. The summed E-state index contributed by atoms with van der Waals surface area (Å²) >= 11 is 0. The molecule has 51 valence electrons. The fourth-order valence-electron chi connectivity index (χ4n) is 0.370. The standard InChI is InChI=1S/C5H8O2.Cu/c1-4(6)3-5(2)7;/h3H2,1-2H3;/p+2. The van der Waals surface area contributed by atoms with Gasteiger partial charge in [0.1, 0.15) is 0 Å². The van der Waals surface area contributed by atoms with Crippen molar-refractivity contribution in [2.45, 2.75) is 20.3 Å². The second-order valence-electron chi connectivity index (χ2n) is 1.65. The Labute approximate surface area is 59.1 Å². The summed E-state index contributed by atoms with van der Waals surface area (Å²) in [5, 5.41) is 0. The molecule has 0 aliphatic carbocycles. The molecule has 0 aromatic carbocycles. The van der Waals surface area contributed by atoms with Crippen molar-refractivity contribution in [1.29, 1.82) is 0 Å². The Balaban J connectivity index is 0. The normalized spacial score (nSPS) is 7.25. The smallest absolute Gasteiger partial charge is 0.283 e. The van der Waals surface area contributed by atoms with Gasteiger partial charge in [-0.25, -0.2) is 0 Å². The van der Waals surface area contributed by atoms with E-state index in [0.717, 1.165) is 0 Å². The Bertz CT molecular complexity index is 86.6. The van der Waals surface area contributed by atoms with E-state index in [1.165, 1.54) is 0 Å². The Morgan fingerprint density at radius 3 is 1.38 bits per heavy atom. The summed E-state index contributed by atoms with van der Waals surface area (Å²) in [4.78, 5) is 16.9. The average molecular weight is 166 g/mol. The van der Waals surface area contributed by atoms with E-state index < -0.39 is 0 Å². The maximum Gasteiger partial charge on any atom is 0.302 e. The summed E-state index contributed by atoms with van der Waals surface area (Å²) in [5.74, 6) is 0.500. The molecule has 0 heterocycles. The van der Waals surface area contributed by atoms with Gasteiger partial charge in [0.25, 0.3) is 0 Å². The van der Waals surface area contributed by atoms with E-state index in [0.29, 0.717) is 6.42 Å². The zero-order chi connectivity index (χ0) is 5.86. The van der Waals surface area contributed by atoms with Gasteiger partial charge in [0.05, 0.1) is 0 Å². The number of hydrogen-bond donors (Lipinski definition) is 0. The van der Waals surface area contributed by atoms with E-state index in [-0.39, 0.29) is 28.6 Å². The van der Waals surface area contributed by atoms with Crippen molar-refractivity contribution in [1.82, 2.24) is 0 Å². The summed E-state index contributed by atoms with van der Waals surface area (Å²) in [7, 11) is 0. The third-order valence-corrected chi connectivity index (χ3v) is 0.512. The van der Waals surface area contributed by atoms with Crippen LogP contribution in [-0.4, -0.2) is 21.2 Å². The van der Waals surface area contributed by atoms with Gasteiger partial charge in [-0.05, 0) is 0 Å². The van der Waals surface area contributed by atoms with Crippen LogP contribution in [0.5, 0.6) is 0 Å². The summed E-state index contributed by atoms with van der Waals surface area (Å²) in [5.41, 5.74) is 0. The van der Waals surface area contributed by atoms with Gasteiger partial charge in [-0.3, -0.25) is 9.59 Å². The molecule has 1 radical (unpaired) electrons. The maximum atomic E-state index is 8.46. The molecular formula is C5H10CuO2+2. The van der Waals surface area contributed by atoms with Crippen molar-refractivity contribution in [3.63, 3.8) is 0 Å². The van der Waals surface area contributed by atoms with Crippen LogP contribution in [0.3, 0.4) is 0 Å². The van der Waals surface area contributed by atoms with E-state index in [1.807, 2.05) is 0 Å². The predicted molar refractivity (Wildman–Crippen MR) is 29.9 cm³/mol. The minimum Gasteiger partial charge on any atom is -0.283 e. The van der Waals surface area contributed by atoms with Gasteiger partial charge in [0.15, 0.2) is 6.42 Å². The van der Waals surface area contributed by atoms with E-state index in [4.69, 9.17) is 9.59 Å². The van der Waals surface area contributed by atoms with Crippen LogP contribution < -0.4 is 0 Å². The fourth-order valence-corrected chi connectivity index (χ4v) is 0.370. The molecule has 0 amide bonds. The molecule has 2 N–H and O–H groups in total. The Morgan fingerprint density at radius 2 is 1.38 bits per heavy atom. The first-order valence-electron chi connectivity index (χ1n) is 2.15. The van der Waals surface area contributed by atoms with Gasteiger partial charge in [-0.1, -0.05) is 0 Å². The van der Waals surface area contributed by atoms with E-state index in [2.05, 4.69) is 0 Å². The molecule has 8 heavy (non-hydrogen) atoms. The molecule has 0 unspecified atom stereocenters. The second-order valence-corrected chi connectivity index (χ2v) is 1.65. The predicted octanol–water partition coefficient (Wildman–Crippen LogP) is 0.504. The van der Waals surface area contributed by atoms with Crippen molar-refractivity contribution in [2.75, 3.05) is 0 Å². The van der Waals surface area contributed by atoms with Crippen LogP contribution in [0.4, 0.5) is 0 Å². The van der Waals surface area contributed by atoms with Crippen LogP contribution in [0.1, 0.15) is 20.3 Å². The summed E-state index contributed by atoms with van der Waals surface area (Å²) in [6, 6.07) is 0. The molecule has 0 atom stereocenters. The fraction of sp³-hybridized carbons (Fsp3) is 0.600. The zero-order valence-corrected chi connectivity index (χ0v) is 5.84. The van der Waals surface area contributed by atoms with Crippen LogP contribution in [-0.2, 0) is 17.1 Å². The van der Waals surface area contributed by atoms with Gasteiger partial charge in [0, 0.05) is 30.9 Å². The zero-order valence-electron chi connectivity index (χ0n) is 4.90. The average Bonchev–Trinajstić information content (AvgIpc) is 1.27. The topological polar surface area (TPSA) is 42.8 Å². The Morgan fingerprint density at radius 1 is 1.12 bits per heavy atom. The molecule has 0 bridgehead atoms. The maximum absolute atomic E-state index is 8.46. The molecule has 3 heteroatoms. The van der Waals surface area contributed by atoms with Crippen molar-refractivity contribution in [3.8, 4) is 0 Å². The van der Waals surface area contributed by atoms with Crippen molar-refractivity contribution in [2.24, 2.45) is 0 Å². The molecule has 0 saturated heterocycles. The van der Waals surface area contributed by atoms with Gasteiger partial charge in [-0.15, -0.1) is 0 Å². The van der Waals surface area contributed by atoms with Crippen LogP contribution in [0.2, 0.25) is 0 Å². The first-order valence-corrected chi connectivity index (χ1v) is 2.15. The molecule has 0 rings (SSSR count). The Kier molecular flexibility index (Phi) is 6.74. The number of carbonyl (C=O) groups excluding carboxylic acids is 2. The van der Waals surface area contributed by atoms with Gasteiger partial charge in [-0.2, -0.15) is 0 Å². The third kappa shape index (κ3) is 9.29. The quantitative estimate of drug-likeness (QED) is 0.325. The molecule has 0 aromatic rings. The van der Waals surface area contributed by atoms with E-state index in [9.17, 15) is 0 Å². The summed E-state index contributed by atoms with van der Waals surface area (Å²) in [6.45, 7) is 3.11. The van der Waals surface area contributed by atoms with E-state index >= 15 is 0 Å². The van der Waals surface area contributed by atoms with Crippen molar-refractivity contribution >= 4 is 11.6 Å². The minimum absolute atomic E-state index is 0. The second kappa shape index (κ2) is 5.01. The first-order chi connectivity index (χ1) is 3.13. The first kappa shape index (κ1) is 10.8. The van der Waals surface area contributed by atoms with Crippen LogP contribution in [0.25, 0.3) is 0 Å². The third-order valence-electron chi connectivity index (χ3n) is 0.512. The summed E-state index contributed by atoms with van der Waals surface area (Å²) in [6.07, 6.45) is 0.306. The molecule has 0 fully saturated rings. The molecule has 0 saturated carbocycles. The molecular weight excluding hydrogens is 156 g/mol. The number of rotatable bonds is 2. The molecule has 0 spiro atoms. The largest absolute Gasteiger partial charge is 0.302 e. The summed E-state index contributed by atoms with van der Waals surface area (Å²) < 4.78 is 0. The SMILES string of the molecule is CC(=[OH+])CC(C)=[OH+].[Cu]. The Hall–Kier alpha value is -0.141. The molecule has 0 aromatic heterocycles. The minimum atomic E-state index is 0. The van der Waals surface area contributed by atoms with Crippen molar-refractivity contribution in [3.05, 3.63) is 0 Å².